The van der Waals surface area contributed by atoms with Gasteiger partial charge in [-0.3, -0.25) is 4.65 Å². The molecular weight excluding hydrogens is 260 g/mol. The first-order chi connectivity index (χ1) is 9.06. The second kappa shape index (κ2) is 4.61. The molecule has 2 heterocycles. The lowest BCUT2D eigenvalue weighted by atomic mass is 9.99. The fraction of sp³-hybridized carbons (Fsp3) is 0.429. The molecule has 2 atom stereocenters. The molecule has 1 aromatic rings. The van der Waals surface area contributed by atoms with Crippen LogP contribution in [0.25, 0.3) is 0 Å². The van der Waals surface area contributed by atoms with Gasteiger partial charge in [0, 0.05) is 43.1 Å². The lowest BCUT2D eigenvalue weighted by molar-refractivity contribution is -0.0473. The van der Waals surface area contributed by atoms with Crippen LogP contribution in [0.1, 0.15) is 6.92 Å². The van der Waals surface area contributed by atoms with Crippen LogP contribution in [0.4, 0.5) is 5.69 Å². The highest BCUT2D eigenvalue weighted by Gasteiger charge is 2.51. The van der Waals surface area contributed by atoms with E-state index >= 15 is 0 Å². The van der Waals surface area contributed by atoms with Crippen LogP contribution in [0.3, 0.4) is 0 Å². The summed E-state index contributed by atoms with van der Waals surface area (Å²) < 4.78 is 4.94. The van der Waals surface area contributed by atoms with Crippen molar-refractivity contribution in [3.05, 3.63) is 41.7 Å². The number of rotatable bonds is 2. The summed E-state index contributed by atoms with van der Waals surface area (Å²) in [5, 5.41) is 13.2. The maximum atomic E-state index is 13.2. The van der Waals surface area contributed by atoms with Gasteiger partial charge in [-0.05, 0) is 12.1 Å². The predicted octanol–water partition coefficient (Wildman–Crippen LogP) is 2.36. The van der Waals surface area contributed by atoms with Crippen molar-refractivity contribution in [2.45, 2.75) is 17.5 Å². The van der Waals surface area contributed by atoms with Gasteiger partial charge in [-0.15, -0.1) is 12.6 Å². The Bertz CT molecular complexity index is 499. The Morgan fingerprint density at radius 3 is 2.42 bits per heavy atom. The van der Waals surface area contributed by atoms with E-state index in [1.165, 1.54) is 0 Å². The molecule has 1 fully saturated rings. The highest BCUT2D eigenvalue weighted by atomic mass is 32.1. The number of hydrogen-bond acceptors (Lipinski definition) is 4. The molecule has 0 spiro atoms. The average molecular weight is 278 g/mol. The molecule has 4 nitrogen and oxygen atoms in total. The van der Waals surface area contributed by atoms with Crippen molar-refractivity contribution < 1.29 is 4.74 Å². The predicted molar refractivity (Wildman–Crippen MR) is 78.8 cm³/mol. The topological polar surface area (TPSA) is 35.5 Å². The van der Waals surface area contributed by atoms with Gasteiger partial charge in [0.1, 0.15) is 11.9 Å². The molecule has 5 heteroatoms. The van der Waals surface area contributed by atoms with Crippen molar-refractivity contribution in [1.82, 2.24) is 9.55 Å². The maximum Gasteiger partial charge on any atom is 0.186 e. The van der Waals surface area contributed by atoms with Crippen molar-refractivity contribution in [2.75, 3.05) is 26.3 Å². The largest absolute Gasteiger partial charge is 0.621 e. The second-order valence-corrected chi connectivity index (χ2v) is 5.70. The van der Waals surface area contributed by atoms with Gasteiger partial charge >= 0.3 is 0 Å². The Balaban J connectivity index is 1.91. The molecule has 0 aliphatic carbocycles. The Morgan fingerprint density at radius 1 is 1.26 bits per heavy atom. The minimum Gasteiger partial charge on any atom is -0.621 e. The van der Waals surface area contributed by atoms with Crippen molar-refractivity contribution in [1.29, 1.82) is 0 Å². The van der Waals surface area contributed by atoms with E-state index in [-0.39, 0.29) is 0 Å². The fourth-order valence-corrected chi connectivity index (χ4v) is 2.93. The molecule has 0 radical (unpaired) electrons. The third kappa shape index (κ3) is 1.93. The van der Waals surface area contributed by atoms with E-state index in [0.717, 1.165) is 23.7 Å². The third-order valence-electron chi connectivity index (χ3n) is 4.16. The molecule has 2 aliphatic heterocycles. The number of thiol groups is 1. The smallest absolute Gasteiger partial charge is 0.186 e. The SMILES string of the molecule is CC1(N2CCOCC2)C=C[N+]1([O-])c1ccc(S)cc1. The number of morpholine rings is 1. The molecule has 1 saturated heterocycles. The summed E-state index contributed by atoms with van der Waals surface area (Å²) in [6, 6.07) is 7.44. The van der Waals surface area contributed by atoms with Crippen LogP contribution in [-0.4, -0.2) is 36.9 Å². The summed E-state index contributed by atoms with van der Waals surface area (Å²) in [5.41, 5.74) is 0.219. The molecule has 19 heavy (non-hydrogen) atoms. The number of benzene rings is 1. The Hall–Kier alpha value is -0.850. The zero-order valence-electron chi connectivity index (χ0n) is 11.0. The second-order valence-electron chi connectivity index (χ2n) is 5.18. The summed E-state index contributed by atoms with van der Waals surface area (Å²) in [6.45, 7) is 4.99. The van der Waals surface area contributed by atoms with Crippen molar-refractivity contribution in [3.63, 3.8) is 0 Å². The monoisotopic (exact) mass is 278 g/mol. The number of quaternary nitrogens is 1. The average Bonchev–Trinajstić information content (AvgIpc) is 2.46. The van der Waals surface area contributed by atoms with E-state index in [1.807, 2.05) is 37.3 Å². The van der Waals surface area contributed by atoms with E-state index in [2.05, 4.69) is 17.5 Å². The molecule has 0 N–H and O–H groups in total. The molecule has 2 aliphatic rings. The first-order valence-electron chi connectivity index (χ1n) is 6.49. The highest BCUT2D eigenvalue weighted by molar-refractivity contribution is 7.80. The Kier molecular flexibility index (Phi) is 3.19. The Morgan fingerprint density at radius 2 is 1.89 bits per heavy atom. The van der Waals surface area contributed by atoms with E-state index in [9.17, 15) is 5.21 Å². The lowest BCUT2D eigenvalue weighted by Gasteiger charge is -2.60. The summed E-state index contributed by atoms with van der Waals surface area (Å²) in [6.07, 6.45) is 3.71. The first kappa shape index (κ1) is 13.1. The van der Waals surface area contributed by atoms with Crippen LogP contribution in [0.2, 0.25) is 0 Å². The third-order valence-corrected chi connectivity index (χ3v) is 4.46. The van der Waals surface area contributed by atoms with Gasteiger partial charge in [0.05, 0.1) is 13.2 Å². The summed E-state index contributed by atoms with van der Waals surface area (Å²) in [5.74, 6) is 0. The molecule has 102 valence electrons. The quantitative estimate of drug-likeness (QED) is 0.512. The minimum atomic E-state index is -0.526. The van der Waals surface area contributed by atoms with Crippen LogP contribution >= 0.6 is 12.6 Å². The van der Waals surface area contributed by atoms with Crippen LogP contribution in [-0.2, 0) is 4.74 Å². The maximum absolute atomic E-state index is 13.2. The standard InChI is InChI=1S/C14H18N2O2S/c1-14(15-7-10-18-11-8-15)6-9-16(14,17)12-2-4-13(19)5-3-12/h2-6,9,19H,7-8,10-11H2,1H3. The zero-order valence-corrected chi connectivity index (χ0v) is 11.8. The van der Waals surface area contributed by atoms with Gasteiger partial charge < -0.3 is 9.94 Å². The van der Waals surface area contributed by atoms with Crippen LogP contribution in [0, 0.1) is 5.21 Å². The molecule has 0 aromatic heterocycles. The first-order valence-corrected chi connectivity index (χ1v) is 6.94. The summed E-state index contributed by atoms with van der Waals surface area (Å²) >= 11 is 4.27. The minimum absolute atomic E-state index is 0.430. The number of ether oxygens (including phenoxy) is 1. The molecular formula is C14H18N2O2S. The normalized spacial score (nSPS) is 35.1. The van der Waals surface area contributed by atoms with Gasteiger partial charge in [-0.1, -0.05) is 0 Å². The van der Waals surface area contributed by atoms with E-state index in [1.54, 1.807) is 6.20 Å². The van der Waals surface area contributed by atoms with Gasteiger partial charge in [0.2, 0.25) is 0 Å². The number of nitrogens with zero attached hydrogens (tertiary/aromatic N) is 2. The highest BCUT2D eigenvalue weighted by Crippen LogP contribution is 2.43. The van der Waals surface area contributed by atoms with E-state index in [4.69, 9.17) is 4.74 Å². The lowest BCUT2D eigenvalue weighted by Crippen LogP contribution is -2.71. The summed E-state index contributed by atoms with van der Waals surface area (Å²) in [4.78, 5) is 3.07. The summed E-state index contributed by atoms with van der Waals surface area (Å²) in [7, 11) is 0. The van der Waals surface area contributed by atoms with Gasteiger partial charge in [0.25, 0.3) is 0 Å². The van der Waals surface area contributed by atoms with Gasteiger partial charge in [-0.2, -0.15) is 0 Å². The molecule has 0 amide bonds. The molecule has 1 aromatic carbocycles. The van der Waals surface area contributed by atoms with Crippen molar-refractivity contribution in [3.8, 4) is 0 Å². The fourth-order valence-electron chi connectivity index (χ4n) is 2.78. The van der Waals surface area contributed by atoms with Crippen molar-refractivity contribution in [2.24, 2.45) is 0 Å². The zero-order chi connectivity index (χ0) is 13.5. The van der Waals surface area contributed by atoms with E-state index < -0.39 is 10.3 Å². The molecule has 0 bridgehead atoms. The molecule has 2 unspecified atom stereocenters. The van der Waals surface area contributed by atoms with Crippen LogP contribution in [0.15, 0.2) is 41.4 Å². The van der Waals surface area contributed by atoms with E-state index in [0.29, 0.717) is 13.2 Å². The van der Waals surface area contributed by atoms with Crippen molar-refractivity contribution >= 4 is 18.3 Å². The van der Waals surface area contributed by atoms with Crippen LogP contribution < -0.4 is 4.65 Å². The number of hydroxylamine groups is 2. The van der Waals surface area contributed by atoms with Gasteiger partial charge in [-0.25, -0.2) is 4.90 Å². The number of hydrogen-bond donors (Lipinski definition) is 1. The molecule has 0 saturated carbocycles. The van der Waals surface area contributed by atoms with Gasteiger partial charge in [0.15, 0.2) is 5.66 Å². The Labute approximate surface area is 118 Å². The molecule has 3 rings (SSSR count). The van der Waals surface area contributed by atoms with Crippen LogP contribution in [0.5, 0.6) is 0 Å².